The van der Waals surface area contributed by atoms with Crippen molar-refractivity contribution in [3.8, 4) is 11.8 Å². The maximum atomic E-state index is 12.1. The van der Waals surface area contributed by atoms with Gasteiger partial charge in [0.15, 0.2) is 0 Å². The van der Waals surface area contributed by atoms with Gasteiger partial charge < -0.3 is 14.0 Å². The fourth-order valence-electron chi connectivity index (χ4n) is 3.34. The summed E-state index contributed by atoms with van der Waals surface area (Å²) in [7, 11) is 3.00. The average molecular weight is 362 g/mol. The van der Waals surface area contributed by atoms with E-state index in [2.05, 4.69) is 23.8 Å². The molecule has 0 bridgehead atoms. The van der Waals surface area contributed by atoms with Crippen molar-refractivity contribution in [2.45, 2.75) is 25.8 Å². The van der Waals surface area contributed by atoms with Crippen LogP contribution < -0.4 is 4.74 Å². The molecule has 0 spiro atoms. The van der Waals surface area contributed by atoms with E-state index in [9.17, 15) is 4.79 Å². The third-order valence-electron chi connectivity index (χ3n) is 4.80. The van der Waals surface area contributed by atoms with Gasteiger partial charge in [-0.25, -0.2) is 0 Å². The molecule has 27 heavy (non-hydrogen) atoms. The molecule has 2 aromatic carbocycles. The number of carbonyl (C=O) groups excluding carboxylic acids is 1. The summed E-state index contributed by atoms with van der Waals surface area (Å²) in [6, 6.07) is 16.0. The minimum absolute atomic E-state index is 0.0936. The second kappa shape index (κ2) is 7.96. The molecule has 0 N–H and O–H groups in total. The largest absolute Gasteiger partial charge is 0.497 e. The lowest BCUT2D eigenvalue weighted by Crippen LogP contribution is -2.14. The van der Waals surface area contributed by atoms with Gasteiger partial charge in [0.2, 0.25) is 0 Å². The lowest BCUT2D eigenvalue weighted by atomic mass is 9.95. The first-order chi connectivity index (χ1) is 13.1. The molecular formula is C22H22N2O3. The van der Waals surface area contributed by atoms with Crippen LogP contribution in [0.25, 0.3) is 10.9 Å². The van der Waals surface area contributed by atoms with Crippen LogP contribution >= 0.6 is 0 Å². The van der Waals surface area contributed by atoms with E-state index in [0.717, 1.165) is 27.8 Å². The number of fused-ring (bicyclic) bond motifs is 1. The second-order valence-corrected chi connectivity index (χ2v) is 6.50. The van der Waals surface area contributed by atoms with Crippen molar-refractivity contribution >= 4 is 16.9 Å². The van der Waals surface area contributed by atoms with E-state index in [1.807, 2.05) is 42.5 Å². The monoisotopic (exact) mass is 362 g/mol. The number of methoxy groups -OCH3 is 2. The first kappa shape index (κ1) is 18.5. The van der Waals surface area contributed by atoms with Crippen LogP contribution in [0, 0.1) is 18.3 Å². The van der Waals surface area contributed by atoms with E-state index >= 15 is 0 Å². The highest BCUT2D eigenvalue weighted by molar-refractivity contribution is 5.87. The van der Waals surface area contributed by atoms with Crippen molar-refractivity contribution in [2.24, 2.45) is 0 Å². The Labute approximate surface area is 158 Å². The molecule has 5 heteroatoms. The summed E-state index contributed by atoms with van der Waals surface area (Å²) >= 11 is 0. The number of aromatic nitrogens is 1. The third-order valence-corrected chi connectivity index (χ3v) is 4.80. The van der Waals surface area contributed by atoms with Crippen LogP contribution in [0.15, 0.2) is 48.7 Å². The van der Waals surface area contributed by atoms with Gasteiger partial charge in [-0.15, -0.1) is 0 Å². The van der Waals surface area contributed by atoms with Crippen LogP contribution in [0.2, 0.25) is 0 Å². The van der Waals surface area contributed by atoms with Crippen molar-refractivity contribution < 1.29 is 14.3 Å². The summed E-state index contributed by atoms with van der Waals surface area (Å²) < 4.78 is 12.3. The third kappa shape index (κ3) is 3.80. The highest BCUT2D eigenvalue weighted by Gasteiger charge is 2.22. The molecule has 0 amide bonds. The van der Waals surface area contributed by atoms with E-state index in [1.165, 1.54) is 12.7 Å². The summed E-state index contributed by atoms with van der Waals surface area (Å²) in [6.45, 7) is 2.78. The van der Waals surface area contributed by atoms with Gasteiger partial charge in [0.1, 0.15) is 5.75 Å². The molecule has 5 nitrogen and oxygen atoms in total. The molecule has 1 atom stereocenters. The Morgan fingerprint density at radius 3 is 2.56 bits per heavy atom. The number of esters is 1. The van der Waals surface area contributed by atoms with Gasteiger partial charge in [-0.3, -0.25) is 4.79 Å². The minimum atomic E-state index is -0.575. The Bertz CT molecular complexity index is 997. The summed E-state index contributed by atoms with van der Waals surface area (Å²) in [5.41, 5.74) is 4.15. The summed E-state index contributed by atoms with van der Waals surface area (Å²) in [4.78, 5) is 12.1. The zero-order valence-corrected chi connectivity index (χ0v) is 15.7. The number of benzene rings is 2. The molecule has 138 valence electrons. The number of nitrogens with zero attached hydrogens (tertiary/aromatic N) is 2. The topological polar surface area (TPSA) is 64.2 Å². The number of ether oxygens (including phenoxy) is 2. The fourth-order valence-corrected chi connectivity index (χ4v) is 3.34. The van der Waals surface area contributed by atoms with Crippen molar-refractivity contribution in [3.63, 3.8) is 0 Å². The van der Waals surface area contributed by atoms with Crippen LogP contribution in [-0.4, -0.2) is 24.8 Å². The minimum Gasteiger partial charge on any atom is -0.497 e. The Kier molecular flexibility index (Phi) is 5.46. The van der Waals surface area contributed by atoms with Crippen LogP contribution in [0.1, 0.15) is 29.0 Å². The molecule has 1 heterocycles. The first-order valence-electron chi connectivity index (χ1n) is 8.74. The Morgan fingerprint density at radius 2 is 1.93 bits per heavy atom. The van der Waals surface area contributed by atoms with E-state index in [-0.39, 0.29) is 12.4 Å². The molecule has 0 aliphatic carbocycles. The van der Waals surface area contributed by atoms with Gasteiger partial charge in [-0.1, -0.05) is 24.3 Å². The predicted molar refractivity (Wildman–Crippen MR) is 104 cm³/mol. The lowest BCUT2D eigenvalue weighted by molar-refractivity contribution is -0.142. The van der Waals surface area contributed by atoms with E-state index < -0.39 is 5.92 Å². The Morgan fingerprint density at radius 1 is 1.19 bits per heavy atom. The van der Waals surface area contributed by atoms with Crippen LogP contribution in [0.4, 0.5) is 0 Å². The van der Waals surface area contributed by atoms with Gasteiger partial charge >= 0.3 is 5.97 Å². The summed E-state index contributed by atoms with van der Waals surface area (Å²) in [6.07, 6.45) is 2.20. The molecule has 1 aromatic heterocycles. The Hall–Kier alpha value is -3.26. The summed E-state index contributed by atoms with van der Waals surface area (Å²) in [5, 5.41) is 10.2. The molecule has 0 fully saturated rings. The molecule has 0 saturated heterocycles. The van der Waals surface area contributed by atoms with Crippen LogP contribution in [0.5, 0.6) is 5.75 Å². The number of carbonyl (C=O) groups is 1. The first-order valence-corrected chi connectivity index (χ1v) is 8.74. The SMILES string of the molecule is COC(=O)C(CC#N)c1ccc2c(C)cn(Cc3ccc(OC)cc3)c2c1. The van der Waals surface area contributed by atoms with Crippen molar-refractivity contribution in [2.75, 3.05) is 14.2 Å². The number of hydrogen-bond donors (Lipinski definition) is 0. The second-order valence-electron chi connectivity index (χ2n) is 6.50. The van der Waals surface area contributed by atoms with Crippen molar-refractivity contribution in [1.82, 2.24) is 4.57 Å². The number of aryl methyl sites for hydroxylation is 1. The lowest BCUT2D eigenvalue weighted by Gasteiger charge is -2.13. The smallest absolute Gasteiger partial charge is 0.314 e. The van der Waals surface area contributed by atoms with E-state index in [1.54, 1.807) is 7.11 Å². The molecule has 0 aliphatic rings. The normalized spacial score (nSPS) is 11.8. The van der Waals surface area contributed by atoms with Gasteiger partial charge in [0, 0.05) is 23.6 Å². The molecule has 0 aliphatic heterocycles. The number of hydrogen-bond acceptors (Lipinski definition) is 4. The zero-order valence-electron chi connectivity index (χ0n) is 15.7. The highest BCUT2D eigenvalue weighted by atomic mass is 16.5. The van der Waals surface area contributed by atoms with E-state index in [0.29, 0.717) is 6.54 Å². The summed E-state index contributed by atoms with van der Waals surface area (Å²) in [5.74, 6) is -0.137. The van der Waals surface area contributed by atoms with E-state index in [4.69, 9.17) is 14.7 Å². The predicted octanol–water partition coefficient (Wildman–Crippen LogP) is 4.18. The highest BCUT2D eigenvalue weighted by Crippen LogP contribution is 2.28. The zero-order chi connectivity index (χ0) is 19.4. The molecule has 0 saturated carbocycles. The maximum absolute atomic E-state index is 12.1. The van der Waals surface area contributed by atoms with Gasteiger partial charge in [-0.2, -0.15) is 5.26 Å². The van der Waals surface area contributed by atoms with Crippen LogP contribution in [-0.2, 0) is 16.1 Å². The Balaban J connectivity index is 2.00. The number of rotatable bonds is 6. The van der Waals surface area contributed by atoms with Crippen molar-refractivity contribution in [3.05, 3.63) is 65.4 Å². The molecule has 0 radical (unpaired) electrons. The average Bonchev–Trinajstić information content (AvgIpc) is 3.01. The van der Waals surface area contributed by atoms with Gasteiger partial charge in [0.05, 0.1) is 32.6 Å². The van der Waals surface area contributed by atoms with Gasteiger partial charge in [-0.05, 0) is 41.8 Å². The number of nitriles is 1. The van der Waals surface area contributed by atoms with Gasteiger partial charge in [0.25, 0.3) is 0 Å². The molecule has 3 aromatic rings. The standard InChI is InChI=1S/C22H22N2O3/c1-15-13-24(14-16-4-7-18(26-2)8-5-16)21-12-17(6-9-19(15)21)20(10-11-23)22(25)27-3/h4-9,12-13,20H,10,14H2,1-3H3. The molecular weight excluding hydrogens is 340 g/mol. The van der Waals surface area contributed by atoms with Crippen LogP contribution in [0.3, 0.4) is 0 Å². The quantitative estimate of drug-likeness (QED) is 0.617. The molecule has 1 unspecified atom stereocenters. The molecule has 3 rings (SSSR count). The van der Waals surface area contributed by atoms with Crippen molar-refractivity contribution in [1.29, 1.82) is 5.26 Å². The fraction of sp³-hybridized carbons (Fsp3) is 0.273. The maximum Gasteiger partial charge on any atom is 0.314 e.